The summed E-state index contributed by atoms with van der Waals surface area (Å²) in [5.74, 6) is 2.03. The Labute approximate surface area is 311 Å². The summed E-state index contributed by atoms with van der Waals surface area (Å²) in [6.07, 6.45) is 7.00. The van der Waals surface area contributed by atoms with Crippen LogP contribution in [0, 0.1) is 12.8 Å². The van der Waals surface area contributed by atoms with Crippen molar-refractivity contribution in [2.45, 2.75) is 83.7 Å². The molecule has 0 radical (unpaired) electrons. The van der Waals surface area contributed by atoms with Gasteiger partial charge in [0.1, 0.15) is 5.60 Å². The molecule has 5 heteroatoms. The second-order valence-electron chi connectivity index (χ2n) is 18.7. The number of benzene rings is 5. The first-order valence-electron chi connectivity index (χ1n) is 19.6. The van der Waals surface area contributed by atoms with Gasteiger partial charge in [0.05, 0.1) is 16.7 Å². The number of aromatic nitrogens is 2. The van der Waals surface area contributed by atoms with E-state index in [1.807, 2.05) is 0 Å². The number of rotatable bonds is 1. The predicted molar refractivity (Wildman–Crippen MR) is 222 cm³/mol. The Hall–Kier alpha value is -5.16. The number of allylic oxidation sites excluding steroid dienone is 1. The summed E-state index contributed by atoms with van der Waals surface area (Å²) in [7, 11) is 0. The van der Waals surface area contributed by atoms with Crippen molar-refractivity contribution in [3.05, 3.63) is 119 Å². The van der Waals surface area contributed by atoms with Crippen LogP contribution in [0.3, 0.4) is 0 Å². The number of anilines is 3. The van der Waals surface area contributed by atoms with Gasteiger partial charge in [-0.05, 0) is 94.0 Å². The van der Waals surface area contributed by atoms with Crippen LogP contribution < -0.4 is 26.0 Å². The van der Waals surface area contributed by atoms with Crippen LogP contribution in [-0.2, 0) is 10.8 Å². The smallest absolute Gasteiger partial charge is 0.252 e. The summed E-state index contributed by atoms with van der Waals surface area (Å²) in [6, 6.07) is 33.1. The van der Waals surface area contributed by atoms with Crippen molar-refractivity contribution >= 4 is 72.9 Å². The van der Waals surface area contributed by atoms with Crippen molar-refractivity contribution in [2.75, 3.05) is 4.90 Å². The average Bonchev–Trinajstić information content (AvgIpc) is 3.40. The molecular weight excluding hydrogens is 645 g/mol. The lowest BCUT2D eigenvalue weighted by Gasteiger charge is -2.41. The highest BCUT2D eigenvalue weighted by Gasteiger charge is 2.67. The Morgan fingerprint density at radius 2 is 1.51 bits per heavy atom. The van der Waals surface area contributed by atoms with E-state index in [9.17, 15) is 0 Å². The van der Waals surface area contributed by atoms with E-state index in [1.165, 1.54) is 94.1 Å². The molecule has 1 saturated carbocycles. The summed E-state index contributed by atoms with van der Waals surface area (Å²) in [5, 5.41) is 3.90. The van der Waals surface area contributed by atoms with E-state index in [2.05, 4.69) is 160 Å². The molecule has 0 amide bonds. The number of ether oxygens (including phenoxy) is 1. The third-order valence-corrected chi connectivity index (χ3v) is 13.5. The summed E-state index contributed by atoms with van der Waals surface area (Å²) in [6.45, 7) is 16.2. The standard InChI is InChI=1S/C48H44BN3O/c1-26-21-39-42-40(22-26)52-44-32(41-33-14-8-11-29-25-48(29,33)53-45(41)52)13-9-15-35(44)49(42)34-20-18-28(47(5,6)7)24-38(34)51(39)37-16-10-12-31-30-19-17-27(46(2,3)4)23-36(30)50-43(31)37/h8-13,15-24,29,33,50H,14,25H2,1-7H3. The van der Waals surface area contributed by atoms with Crippen LogP contribution in [0.15, 0.2) is 97.1 Å². The van der Waals surface area contributed by atoms with Crippen LogP contribution in [0.25, 0.3) is 38.4 Å². The first kappa shape index (κ1) is 30.3. The minimum atomic E-state index is -0.0615. The van der Waals surface area contributed by atoms with Gasteiger partial charge in [0, 0.05) is 56.1 Å². The molecule has 3 aliphatic heterocycles. The summed E-state index contributed by atoms with van der Waals surface area (Å²) < 4.78 is 9.78. The molecule has 5 heterocycles. The van der Waals surface area contributed by atoms with Gasteiger partial charge in [-0.2, -0.15) is 0 Å². The molecule has 0 bridgehead atoms. The fraction of sp³-hybridized carbons (Fsp3) is 0.292. The number of para-hydroxylation sites is 2. The van der Waals surface area contributed by atoms with Crippen molar-refractivity contribution in [1.82, 2.24) is 9.55 Å². The van der Waals surface area contributed by atoms with Crippen LogP contribution in [0.5, 0.6) is 5.88 Å². The van der Waals surface area contributed by atoms with E-state index in [1.54, 1.807) is 0 Å². The van der Waals surface area contributed by atoms with Gasteiger partial charge in [-0.1, -0.05) is 108 Å². The van der Waals surface area contributed by atoms with Crippen molar-refractivity contribution in [2.24, 2.45) is 5.92 Å². The molecule has 53 heavy (non-hydrogen) atoms. The zero-order valence-corrected chi connectivity index (χ0v) is 31.7. The first-order chi connectivity index (χ1) is 25.4. The fourth-order valence-corrected chi connectivity index (χ4v) is 10.8. The van der Waals surface area contributed by atoms with Gasteiger partial charge in [0.15, 0.2) is 0 Å². The number of aromatic amines is 1. The van der Waals surface area contributed by atoms with Crippen LogP contribution in [-0.4, -0.2) is 21.9 Å². The van der Waals surface area contributed by atoms with E-state index in [0.717, 1.165) is 18.7 Å². The predicted octanol–water partition coefficient (Wildman–Crippen LogP) is 9.98. The lowest BCUT2D eigenvalue weighted by molar-refractivity contribution is 0.158. The fourth-order valence-electron chi connectivity index (χ4n) is 10.8. The molecule has 3 atom stereocenters. The number of aryl methyl sites for hydroxylation is 1. The largest absolute Gasteiger partial charge is 0.470 e. The van der Waals surface area contributed by atoms with Gasteiger partial charge in [-0.15, -0.1) is 0 Å². The van der Waals surface area contributed by atoms with Crippen LogP contribution in [0.1, 0.15) is 82.6 Å². The Morgan fingerprint density at radius 3 is 2.34 bits per heavy atom. The molecule has 260 valence electrons. The molecule has 1 fully saturated rings. The van der Waals surface area contributed by atoms with E-state index in [4.69, 9.17) is 4.74 Å². The van der Waals surface area contributed by atoms with Gasteiger partial charge in [-0.25, -0.2) is 0 Å². The maximum Gasteiger partial charge on any atom is 0.252 e. The maximum absolute atomic E-state index is 7.24. The molecule has 4 nitrogen and oxygen atoms in total. The maximum atomic E-state index is 7.24. The van der Waals surface area contributed by atoms with E-state index < -0.39 is 0 Å². The molecule has 2 aliphatic carbocycles. The molecule has 1 N–H and O–H groups in total. The second kappa shape index (κ2) is 9.49. The van der Waals surface area contributed by atoms with E-state index in [0.29, 0.717) is 11.8 Å². The quantitative estimate of drug-likeness (QED) is 0.138. The Kier molecular flexibility index (Phi) is 5.43. The number of nitrogens with one attached hydrogen (secondary N) is 1. The number of nitrogens with zero attached hydrogens (tertiary/aromatic N) is 2. The topological polar surface area (TPSA) is 33.2 Å². The van der Waals surface area contributed by atoms with Gasteiger partial charge < -0.3 is 14.6 Å². The zero-order chi connectivity index (χ0) is 35.9. The molecule has 2 aromatic heterocycles. The average molecular weight is 690 g/mol. The molecule has 5 aromatic carbocycles. The number of H-pyrrole nitrogens is 1. The Bertz CT molecular complexity index is 2840. The first-order valence-corrected chi connectivity index (χ1v) is 19.6. The highest BCUT2D eigenvalue weighted by atomic mass is 16.5. The van der Waals surface area contributed by atoms with Gasteiger partial charge >= 0.3 is 0 Å². The third-order valence-electron chi connectivity index (χ3n) is 13.5. The molecule has 0 saturated heterocycles. The van der Waals surface area contributed by atoms with Crippen molar-refractivity contribution in [1.29, 1.82) is 0 Å². The highest BCUT2D eigenvalue weighted by molar-refractivity contribution is 7.00. The normalized spacial score (nSPS) is 21.8. The highest BCUT2D eigenvalue weighted by Crippen LogP contribution is 2.67. The van der Waals surface area contributed by atoms with Gasteiger partial charge in [0.2, 0.25) is 5.88 Å². The second-order valence-corrected chi connectivity index (χ2v) is 18.7. The van der Waals surface area contributed by atoms with Crippen LogP contribution >= 0.6 is 0 Å². The summed E-state index contributed by atoms with van der Waals surface area (Å²) >= 11 is 0. The minimum Gasteiger partial charge on any atom is -0.470 e. The number of hydrogen-bond acceptors (Lipinski definition) is 2. The van der Waals surface area contributed by atoms with E-state index in [-0.39, 0.29) is 23.1 Å². The van der Waals surface area contributed by atoms with Crippen molar-refractivity contribution < 1.29 is 4.74 Å². The lowest BCUT2D eigenvalue weighted by Crippen LogP contribution is -2.60. The molecule has 5 aliphatic rings. The monoisotopic (exact) mass is 689 g/mol. The molecular formula is C48H44BN3O. The summed E-state index contributed by atoms with van der Waals surface area (Å²) in [4.78, 5) is 6.54. The molecule has 7 aromatic rings. The van der Waals surface area contributed by atoms with Crippen LogP contribution in [0.2, 0.25) is 0 Å². The number of hydrogen-bond donors (Lipinski definition) is 1. The van der Waals surface area contributed by atoms with Crippen molar-refractivity contribution in [3.8, 4) is 11.6 Å². The molecule has 3 unspecified atom stereocenters. The SMILES string of the molecule is Cc1cc2c3c(c1)-n1c4c(c5cccc(c51)B3c1ccc(C(C)(C)C)cc1N2c1cccc2c1[nH]c1cc(C(C)(C)C)ccc12)C1CC=CC2CC21O4. The zero-order valence-electron chi connectivity index (χ0n) is 31.7. The summed E-state index contributed by atoms with van der Waals surface area (Å²) in [5.41, 5.74) is 18.2. The molecule has 12 rings (SSSR count). The minimum absolute atomic E-state index is 0.000286. The van der Waals surface area contributed by atoms with E-state index >= 15 is 0 Å². The Morgan fingerprint density at radius 1 is 0.755 bits per heavy atom. The Balaban J connectivity index is 1.17. The van der Waals surface area contributed by atoms with Crippen LogP contribution in [0.4, 0.5) is 17.1 Å². The van der Waals surface area contributed by atoms with Gasteiger partial charge in [-0.3, -0.25) is 4.57 Å². The lowest BCUT2D eigenvalue weighted by atomic mass is 9.33. The third kappa shape index (κ3) is 3.73. The number of fused-ring (bicyclic) bond motifs is 11. The molecule has 1 spiro atoms. The van der Waals surface area contributed by atoms with Crippen molar-refractivity contribution in [3.63, 3.8) is 0 Å². The van der Waals surface area contributed by atoms with Gasteiger partial charge in [0.25, 0.3) is 6.71 Å².